The number of rotatable bonds is 12. The number of amides is 2. The van der Waals surface area contributed by atoms with Crippen molar-refractivity contribution in [2.45, 2.75) is 62.6 Å². The maximum Gasteiger partial charge on any atom is 0.264 e. The van der Waals surface area contributed by atoms with E-state index in [4.69, 9.17) is 34.8 Å². The van der Waals surface area contributed by atoms with Crippen molar-refractivity contribution >= 4 is 62.3 Å². The molecule has 4 aromatic carbocycles. The second-order valence-electron chi connectivity index (χ2n) is 11.7. The molecule has 1 aliphatic carbocycles. The quantitative estimate of drug-likeness (QED) is 0.162. The number of benzene rings is 4. The predicted molar refractivity (Wildman–Crippen MR) is 189 cm³/mol. The van der Waals surface area contributed by atoms with E-state index >= 15 is 0 Å². The van der Waals surface area contributed by atoms with Gasteiger partial charge in [0.25, 0.3) is 10.0 Å². The van der Waals surface area contributed by atoms with Gasteiger partial charge in [0.2, 0.25) is 11.8 Å². The minimum absolute atomic E-state index is 0.000520. The summed E-state index contributed by atoms with van der Waals surface area (Å²) in [6.45, 7) is 1.22. The second-order valence-corrected chi connectivity index (χ2v) is 14.8. The fourth-order valence-corrected chi connectivity index (χ4v) is 7.63. The Morgan fingerprint density at radius 3 is 2.15 bits per heavy atom. The molecule has 2 amide bonds. The summed E-state index contributed by atoms with van der Waals surface area (Å²) in [6, 6.07) is 26.3. The lowest BCUT2D eigenvalue weighted by atomic mass is 10.0. The van der Waals surface area contributed by atoms with Crippen LogP contribution >= 0.6 is 34.8 Å². The number of anilines is 1. The first-order valence-electron chi connectivity index (χ1n) is 15.4. The van der Waals surface area contributed by atoms with Gasteiger partial charge in [0.15, 0.2) is 0 Å². The number of nitrogens with one attached hydrogen (secondary N) is 1. The zero-order chi connectivity index (χ0) is 33.6. The summed E-state index contributed by atoms with van der Waals surface area (Å²) in [5.41, 5.74) is 2.51. The van der Waals surface area contributed by atoms with Crippen LogP contribution in [0.15, 0.2) is 102 Å². The summed E-state index contributed by atoms with van der Waals surface area (Å²) in [5.74, 6) is -0.891. The number of carbonyl (C=O) groups excluding carboxylic acids is 2. The first-order valence-corrected chi connectivity index (χ1v) is 18.0. The number of halogens is 3. The van der Waals surface area contributed by atoms with Gasteiger partial charge in [0.05, 0.1) is 20.6 Å². The van der Waals surface area contributed by atoms with Crippen LogP contribution in [0.2, 0.25) is 15.1 Å². The Hall–Kier alpha value is -3.56. The topological polar surface area (TPSA) is 86.8 Å². The molecule has 1 atom stereocenters. The first kappa shape index (κ1) is 34.8. The molecule has 4 aromatic rings. The highest BCUT2D eigenvalue weighted by Gasteiger charge is 2.36. The van der Waals surface area contributed by atoms with E-state index in [1.54, 1.807) is 36.4 Å². The van der Waals surface area contributed by atoms with Crippen LogP contribution in [0.5, 0.6) is 0 Å². The normalized spacial score (nSPS) is 14.0. The summed E-state index contributed by atoms with van der Waals surface area (Å²) in [6.07, 6.45) is 3.98. The van der Waals surface area contributed by atoms with Crippen LogP contribution in [0.1, 0.15) is 42.4 Å². The van der Waals surface area contributed by atoms with Gasteiger partial charge < -0.3 is 10.2 Å². The van der Waals surface area contributed by atoms with Gasteiger partial charge in [-0.05, 0) is 67.3 Å². The summed E-state index contributed by atoms with van der Waals surface area (Å²) in [7, 11) is -4.28. The molecular formula is C36H36Cl3N3O4S. The van der Waals surface area contributed by atoms with E-state index in [-0.39, 0.29) is 45.5 Å². The molecule has 0 aromatic heterocycles. The standard InChI is InChI=1S/C36H36Cl3N3O4S/c1-25-15-18-30(19-16-25)47(45,46)42(29-17-20-32(38)33(39)22-29)24-35(43)41(23-27-11-5-8-14-31(27)37)34(21-26-9-3-2-4-10-26)36(44)40-28-12-6-7-13-28/h2-5,8-11,14-20,22,28,34H,6-7,12-13,21,23-24H2,1H3,(H,40,44)/t34-/m1/s1. The van der Waals surface area contributed by atoms with Gasteiger partial charge in [0.1, 0.15) is 12.6 Å². The highest BCUT2D eigenvalue weighted by Crippen LogP contribution is 2.31. The average molecular weight is 713 g/mol. The predicted octanol–water partition coefficient (Wildman–Crippen LogP) is 7.85. The van der Waals surface area contributed by atoms with Crippen molar-refractivity contribution < 1.29 is 18.0 Å². The van der Waals surface area contributed by atoms with Crippen LogP contribution in [0.25, 0.3) is 0 Å². The number of carbonyl (C=O) groups is 2. The Kier molecular flexibility index (Phi) is 11.5. The lowest BCUT2D eigenvalue weighted by Crippen LogP contribution is -2.54. The van der Waals surface area contributed by atoms with Crippen molar-refractivity contribution in [1.82, 2.24) is 10.2 Å². The fraction of sp³-hybridized carbons (Fsp3) is 0.278. The van der Waals surface area contributed by atoms with Gasteiger partial charge in [-0.1, -0.05) is 114 Å². The lowest BCUT2D eigenvalue weighted by Gasteiger charge is -2.34. The molecule has 0 unspecified atom stereocenters. The van der Waals surface area contributed by atoms with Crippen LogP contribution in [0, 0.1) is 6.92 Å². The molecule has 0 bridgehead atoms. The maximum atomic E-state index is 14.6. The maximum absolute atomic E-state index is 14.6. The molecule has 11 heteroatoms. The minimum Gasteiger partial charge on any atom is -0.352 e. The Labute approximate surface area is 291 Å². The van der Waals surface area contributed by atoms with Crippen molar-refractivity contribution in [3.05, 3.63) is 129 Å². The molecule has 7 nitrogen and oxygen atoms in total. The van der Waals surface area contributed by atoms with Gasteiger partial charge in [-0.15, -0.1) is 0 Å². The highest BCUT2D eigenvalue weighted by atomic mass is 35.5. The van der Waals surface area contributed by atoms with E-state index < -0.39 is 28.5 Å². The zero-order valence-electron chi connectivity index (χ0n) is 25.9. The molecule has 5 rings (SSSR count). The minimum atomic E-state index is -4.28. The number of aryl methyl sites for hydroxylation is 1. The van der Waals surface area contributed by atoms with Gasteiger partial charge in [-0.3, -0.25) is 13.9 Å². The molecular weight excluding hydrogens is 677 g/mol. The van der Waals surface area contributed by atoms with Crippen LogP contribution in [0.3, 0.4) is 0 Å². The van der Waals surface area contributed by atoms with Crippen LogP contribution < -0.4 is 9.62 Å². The van der Waals surface area contributed by atoms with E-state index in [2.05, 4.69) is 5.32 Å². The van der Waals surface area contributed by atoms with E-state index in [1.807, 2.05) is 37.3 Å². The van der Waals surface area contributed by atoms with Crippen molar-refractivity contribution in [1.29, 1.82) is 0 Å². The third-order valence-corrected chi connectivity index (χ3v) is 11.2. The molecule has 0 saturated heterocycles. The average Bonchev–Trinajstić information content (AvgIpc) is 3.57. The summed E-state index contributed by atoms with van der Waals surface area (Å²) in [5, 5.41) is 3.96. The number of nitrogens with zero attached hydrogens (tertiary/aromatic N) is 2. The Bertz CT molecular complexity index is 1820. The molecule has 1 N–H and O–H groups in total. The second kappa shape index (κ2) is 15.6. The third-order valence-electron chi connectivity index (χ3n) is 8.35. The summed E-state index contributed by atoms with van der Waals surface area (Å²) < 4.78 is 29.4. The van der Waals surface area contributed by atoms with Crippen LogP contribution in [-0.4, -0.2) is 43.8 Å². The summed E-state index contributed by atoms with van der Waals surface area (Å²) in [4.78, 5) is 30.2. The first-order chi connectivity index (χ1) is 22.5. The molecule has 246 valence electrons. The van der Waals surface area contributed by atoms with Crippen molar-refractivity contribution in [3.63, 3.8) is 0 Å². The summed E-state index contributed by atoms with van der Waals surface area (Å²) >= 11 is 19.1. The Balaban J connectivity index is 1.58. The zero-order valence-corrected chi connectivity index (χ0v) is 29.0. The van der Waals surface area contributed by atoms with Crippen LogP contribution in [-0.2, 0) is 32.6 Å². The fourth-order valence-electron chi connectivity index (χ4n) is 5.74. The van der Waals surface area contributed by atoms with E-state index in [1.165, 1.54) is 35.2 Å². The van der Waals surface area contributed by atoms with Crippen molar-refractivity contribution in [2.75, 3.05) is 10.8 Å². The van der Waals surface area contributed by atoms with Gasteiger partial charge in [-0.2, -0.15) is 0 Å². The molecule has 0 aliphatic heterocycles. The third kappa shape index (κ3) is 8.68. The van der Waals surface area contributed by atoms with Crippen LogP contribution in [0.4, 0.5) is 5.69 Å². The van der Waals surface area contributed by atoms with E-state index in [9.17, 15) is 18.0 Å². The molecule has 1 fully saturated rings. The number of hydrogen-bond donors (Lipinski definition) is 1. The van der Waals surface area contributed by atoms with Crippen molar-refractivity contribution in [2.24, 2.45) is 0 Å². The molecule has 0 heterocycles. The van der Waals surface area contributed by atoms with E-state index in [0.717, 1.165) is 41.1 Å². The lowest BCUT2D eigenvalue weighted by molar-refractivity contribution is -0.140. The highest BCUT2D eigenvalue weighted by molar-refractivity contribution is 7.92. The smallest absolute Gasteiger partial charge is 0.264 e. The molecule has 0 radical (unpaired) electrons. The number of hydrogen-bond acceptors (Lipinski definition) is 4. The largest absolute Gasteiger partial charge is 0.352 e. The number of sulfonamides is 1. The molecule has 1 aliphatic rings. The Morgan fingerprint density at radius 2 is 1.49 bits per heavy atom. The van der Waals surface area contributed by atoms with Crippen molar-refractivity contribution in [3.8, 4) is 0 Å². The molecule has 0 spiro atoms. The SMILES string of the molecule is Cc1ccc(S(=O)(=O)N(CC(=O)N(Cc2ccccc2Cl)[C@H](Cc2ccccc2)C(=O)NC2CCCC2)c2ccc(Cl)c(Cl)c2)cc1. The monoisotopic (exact) mass is 711 g/mol. The molecule has 1 saturated carbocycles. The Morgan fingerprint density at radius 1 is 0.830 bits per heavy atom. The van der Waals surface area contributed by atoms with E-state index in [0.29, 0.717) is 10.6 Å². The molecule has 47 heavy (non-hydrogen) atoms. The van der Waals surface area contributed by atoms with Gasteiger partial charge in [-0.25, -0.2) is 8.42 Å². The van der Waals surface area contributed by atoms with Gasteiger partial charge >= 0.3 is 0 Å². The van der Waals surface area contributed by atoms with Gasteiger partial charge in [0, 0.05) is 24.0 Å².